The first kappa shape index (κ1) is 61.9. The van der Waals surface area contributed by atoms with Crippen molar-refractivity contribution in [1.29, 1.82) is 0 Å². The Hall–Kier alpha value is -3.15. The molecule has 0 aromatic rings. The Bertz CT molecular complexity index is 1230. The fourth-order valence-electron chi connectivity index (χ4n) is 7.65. The van der Waals surface area contributed by atoms with E-state index in [9.17, 15) is 14.4 Å². The fraction of sp³-hybridized carbons (Fsp3) is 0.746. The molecule has 65 heavy (non-hydrogen) atoms. The quantitative estimate of drug-likeness (QED) is 0.0262. The minimum Gasteiger partial charge on any atom is -0.462 e. The first-order valence-electron chi connectivity index (χ1n) is 27.4. The maximum atomic E-state index is 12.8. The SMILES string of the molecule is CC/C=C\C/C=C\C/C=C\CCCCCCCCCCCC(=O)OCC(COC(=O)CCCCCCCCCCCCCCCC)OC(=O)CCCCCC/C=C\C/C=C\C/C=C\CC. The predicted octanol–water partition coefficient (Wildman–Crippen LogP) is 18.2. The number of unbranched alkanes of at least 4 members (excludes halogenated alkanes) is 26. The molecular weight excluding hydrogens is 805 g/mol. The first-order valence-corrected chi connectivity index (χ1v) is 27.4. The van der Waals surface area contributed by atoms with Crippen molar-refractivity contribution in [2.75, 3.05) is 13.2 Å². The van der Waals surface area contributed by atoms with Gasteiger partial charge in [-0.25, -0.2) is 0 Å². The summed E-state index contributed by atoms with van der Waals surface area (Å²) in [5.41, 5.74) is 0. The van der Waals surface area contributed by atoms with Gasteiger partial charge in [0.2, 0.25) is 0 Å². The van der Waals surface area contributed by atoms with E-state index in [0.717, 1.165) is 109 Å². The zero-order valence-electron chi connectivity index (χ0n) is 42.7. The van der Waals surface area contributed by atoms with Crippen molar-refractivity contribution in [2.24, 2.45) is 0 Å². The number of rotatable bonds is 49. The van der Waals surface area contributed by atoms with Crippen molar-refractivity contribution < 1.29 is 28.6 Å². The van der Waals surface area contributed by atoms with Gasteiger partial charge in [0.05, 0.1) is 0 Å². The number of esters is 3. The van der Waals surface area contributed by atoms with Crippen molar-refractivity contribution in [3.8, 4) is 0 Å². The van der Waals surface area contributed by atoms with Crippen LogP contribution in [0.3, 0.4) is 0 Å². The van der Waals surface area contributed by atoms with Crippen LogP contribution < -0.4 is 0 Å². The number of carbonyl (C=O) groups excluding carboxylic acids is 3. The zero-order chi connectivity index (χ0) is 47.2. The molecule has 1 atom stereocenters. The van der Waals surface area contributed by atoms with Crippen molar-refractivity contribution in [1.82, 2.24) is 0 Å². The molecule has 0 saturated heterocycles. The summed E-state index contributed by atoms with van der Waals surface area (Å²) in [7, 11) is 0. The van der Waals surface area contributed by atoms with E-state index in [1.165, 1.54) is 116 Å². The van der Waals surface area contributed by atoms with Crippen LogP contribution in [0.5, 0.6) is 0 Å². The average Bonchev–Trinajstić information content (AvgIpc) is 3.30. The van der Waals surface area contributed by atoms with E-state index in [1.807, 2.05) is 0 Å². The van der Waals surface area contributed by atoms with Crippen LogP contribution in [-0.2, 0) is 28.6 Å². The van der Waals surface area contributed by atoms with Crippen molar-refractivity contribution in [3.05, 3.63) is 72.9 Å². The lowest BCUT2D eigenvalue weighted by Gasteiger charge is -2.18. The molecule has 6 heteroatoms. The van der Waals surface area contributed by atoms with Gasteiger partial charge in [-0.3, -0.25) is 14.4 Å². The normalized spacial score (nSPS) is 12.6. The second kappa shape index (κ2) is 53.5. The van der Waals surface area contributed by atoms with E-state index in [2.05, 4.69) is 93.7 Å². The third kappa shape index (κ3) is 51.7. The Morgan fingerprint density at radius 3 is 0.938 bits per heavy atom. The molecule has 0 radical (unpaired) electrons. The molecular formula is C59H102O6. The van der Waals surface area contributed by atoms with E-state index < -0.39 is 6.10 Å². The van der Waals surface area contributed by atoms with Crippen LogP contribution in [0.2, 0.25) is 0 Å². The summed E-state index contributed by atoms with van der Waals surface area (Å²) in [4.78, 5) is 38.1. The van der Waals surface area contributed by atoms with E-state index >= 15 is 0 Å². The number of allylic oxidation sites excluding steroid dienone is 12. The lowest BCUT2D eigenvalue weighted by molar-refractivity contribution is -0.167. The molecule has 0 spiro atoms. The molecule has 0 fully saturated rings. The summed E-state index contributed by atoms with van der Waals surface area (Å²) >= 11 is 0. The Morgan fingerprint density at radius 2 is 0.600 bits per heavy atom. The van der Waals surface area contributed by atoms with E-state index in [0.29, 0.717) is 19.3 Å². The minimum absolute atomic E-state index is 0.0842. The number of hydrogen-bond acceptors (Lipinski definition) is 6. The second-order valence-corrected chi connectivity index (χ2v) is 18.1. The number of ether oxygens (including phenoxy) is 3. The lowest BCUT2D eigenvalue weighted by Crippen LogP contribution is -2.30. The van der Waals surface area contributed by atoms with Gasteiger partial charge in [0.15, 0.2) is 6.10 Å². The molecule has 0 aliphatic carbocycles. The van der Waals surface area contributed by atoms with Crippen LogP contribution in [-0.4, -0.2) is 37.2 Å². The number of carbonyl (C=O) groups is 3. The lowest BCUT2D eigenvalue weighted by atomic mass is 10.0. The van der Waals surface area contributed by atoms with Gasteiger partial charge >= 0.3 is 17.9 Å². The van der Waals surface area contributed by atoms with Crippen molar-refractivity contribution in [3.63, 3.8) is 0 Å². The molecule has 0 amide bonds. The van der Waals surface area contributed by atoms with Crippen LogP contribution >= 0.6 is 0 Å². The molecule has 1 unspecified atom stereocenters. The fourth-order valence-corrected chi connectivity index (χ4v) is 7.65. The minimum atomic E-state index is -0.787. The molecule has 0 aromatic carbocycles. The maximum absolute atomic E-state index is 12.8. The largest absolute Gasteiger partial charge is 0.462 e. The van der Waals surface area contributed by atoms with Gasteiger partial charge in [-0.2, -0.15) is 0 Å². The zero-order valence-corrected chi connectivity index (χ0v) is 42.7. The van der Waals surface area contributed by atoms with Gasteiger partial charge in [-0.1, -0.05) is 235 Å². The Morgan fingerprint density at radius 1 is 0.323 bits per heavy atom. The Balaban J connectivity index is 4.38. The monoisotopic (exact) mass is 907 g/mol. The van der Waals surface area contributed by atoms with E-state index in [1.54, 1.807) is 0 Å². The van der Waals surface area contributed by atoms with Gasteiger partial charge in [-0.15, -0.1) is 0 Å². The highest BCUT2D eigenvalue weighted by atomic mass is 16.6. The molecule has 374 valence electrons. The molecule has 0 rings (SSSR count). The molecule has 0 saturated carbocycles. The average molecular weight is 907 g/mol. The van der Waals surface area contributed by atoms with E-state index in [4.69, 9.17) is 14.2 Å². The van der Waals surface area contributed by atoms with Crippen LogP contribution in [0.4, 0.5) is 0 Å². The Labute approximate surface area is 402 Å². The summed E-state index contributed by atoms with van der Waals surface area (Å²) in [6.07, 6.45) is 67.4. The summed E-state index contributed by atoms with van der Waals surface area (Å²) in [5.74, 6) is -0.905. The van der Waals surface area contributed by atoms with Crippen molar-refractivity contribution >= 4 is 17.9 Å². The molecule has 0 aromatic heterocycles. The predicted molar refractivity (Wildman–Crippen MR) is 279 cm³/mol. The number of hydrogen-bond donors (Lipinski definition) is 0. The third-order valence-electron chi connectivity index (χ3n) is 11.7. The highest BCUT2D eigenvalue weighted by Gasteiger charge is 2.19. The highest BCUT2D eigenvalue weighted by molar-refractivity contribution is 5.71. The van der Waals surface area contributed by atoms with E-state index in [-0.39, 0.29) is 31.1 Å². The van der Waals surface area contributed by atoms with Crippen LogP contribution in [0.1, 0.15) is 265 Å². The van der Waals surface area contributed by atoms with Gasteiger partial charge < -0.3 is 14.2 Å². The van der Waals surface area contributed by atoms with Crippen LogP contribution in [0.15, 0.2) is 72.9 Å². The van der Waals surface area contributed by atoms with Gasteiger partial charge in [0.1, 0.15) is 13.2 Å². The summed E-state index contributed by atoms with van der Waals surface area (Å²) in [6, 6.07) is 0. The van der Waals surface area contributed by atoms with Crippen molar-refractivity contribution in [2.45, 2.75) is 271 Å². The molecule has 0 heterocycles. The van der Waals surface area contributed by atoms with Gasteiger partial charge in [-0.05, 0) is 83.5 Å². The summed E-state index contributed by atoms with van der Waals surface area (Å²) in [6.45, 7) is 6.41. The first-order chi connectivity index (χ1) is 32.0. The van der Waals surface area contributed by atoms with Gasteiger partial charge in [0.25, 0.3) is 0 Å². The van der Waals surface area contributed by atoms with Crippen LogP contribution in [0.25, 0.3) is 0 Å². The molecule has 0 bridgehead atoms. The standard InChI is InChI=1S/C59H102O6/c1-4-7-10-13-16-19-22-25-28-29-30-31-32-35-37-40-43-46-49-52-58(61)64-55-56(65-59(62)53-50-47-44-41-38-34-27-24-21-18-15-12-9-6-3)54-63-57(60)51-48-45-42-39-36-33-26-23-20-17-14-11-8-5-2/h7,9-10,12,16,18-19,21,25,27-28,34,56H,4-6,8,11,13-15,17,20,22-24,26,29-33,35-55H2,1-3H3/b10-7-,12-9-,19-16-,21-18-,28-25-,34-27-. The maximum Gasteiger partial charge on any atom is 0.306 e. The second-order valence-electron chi connectivity index (χ2n) is 18.1. The summed E-state index contributed by atoms with van der Waals surface area (Å²) < 4.78 is 16.8. The molecule has 0 aliphatic heterocycles. The highest BCUT2D eigenvalue weighted by Crippen LogP contribution is 2.16. The van der Waals surface area contributed by atoms with Crippen LogP contribution in [0, 0.1) is 0 Å². The third-order valence-corrected chi connectivity index (χ3v) is 11.7. The molecule has 0 aliphatic rings. The molecule has 6 nitrogen and oxygen atoms in total. The van der Waals surface area contributed by atoms with Gasteiger partial charge in [0, 0.05) is 19.3 Å². The molecule has 0 N–H and O–H groups in total. The summed E-state index contributed by atoms with van der Waals surface area (Å²) in [5, 5.41) is 0. The Kier molecular flexibility index (Phi) is 50.9. The smallest absolute Gasteiger partial charge is 0.306 e. The topological polar surface area (TPSA) is 78.9 Å².